The Kier molecular flexibility index (Phi) is 6.97. The number of rotatable bonds is 6. The van der Waals surface area contributed by atoms with Crippen LogP contribution in [0.4, 0.5) is 4.39 Å². The lowest BCUT2D eigenvalue weighted by atomic mass is 9.85. The molecule has 0 amide bonds. The van der Waals surface area contributed by atoms with Crippen molar-refractivity contribution in [2.75, 3.05) is 19.7 Å². The molecule has 214 valence electrons. The van der Waals surface area contributed by atoms with Crippen molar-refractivity contribution in [1.82, 2.24) is 19.4 Å². The van der Waals surface area contributed by atoms with Gasteiger partial charge in [0.25, 0.3) is 0 Å². The Balaban J connectivity index is 1.09. The van der Waals surface area contributed by atoms with E-state index < -0.39 is 5.60 Å². The summed E-state index contributed by atoms with van der Waals surface area (Å²) in [4.78, 5) is 11.7. The molecule has 0 saturated carbocycles. The minimum absolute atomic E-state index is 0.188. The molecule has 5 heterocycles. The average molecular weight is 584 g/mol. The highest BCUT2D eigenvalue weighted by Crippen LogP contribution is 2.44. The Hall–Kier alpha value is -3.77. The number of para-hydroxylation sites is 1. The first-order chi connectivity index (χ1) is 20.4. The van der Waals surface area contributed by atoms with Gasteiger partial charge in [0.1, 0.15) is 29.2 Å². The Morgan fingerprint density at radius 1 is 1.17 bits per heavy atom. The summed E-state index contributed by atoms with van der Waals surface area (Å²) in [7, 11) is 0. The summed E-state index contributed by atoms with van der Waals surface area (Å²) < 4.78 is 29.5. The number of halogens is 2. The van der Waals surface area contributed by atoms with E-state index in [1.807, 2.05) is 25.1 Å². The zero-order chi connectivity index (χ0) is 28.8. The van der Waals surface area contributed by atoms with Gasteiger partial charge < -0.3 is 14.0 Å². The third kappa shape index (κ3) is 4.96. The normalized spacial score (nSPS) is 22.4. The van der Waals surface area contributed by atoms with Gasteiger partial charge >= 0.3 is 0 Å². The van der Waals surface area contributed by atoms with E-state index >= 15 is 0 Å². The van der Waals surface area contributed by atoms with Crippen LogP contribution in [0.3, 0.4) is 0 Å². The predicted octanol–water partition coefficient (Wildman–Crippen LogP) is 6.58. The van der Waals surface area contributed by atoms with Crippen molar-refractivity contribution in [1.29, 1.82) is 5.26 Å². The number of nitrogens with zero attached hydrogens (tertiary/aromatic N) is 5. The van der Waals surface area contributed by atoms with Crippen molar-refractivity contribution >= 4 is 28.7 Å². The molecule has 2 saturated heterocycles. The van der Waals surface area contributed by atoms with Crippen LogP contribution in [0.15, 0.2) is 54.7 Å². The van der Waals surface area contributed by atoms with Crippen molar-refractivity contribution in [2.24, 2.45) is 0 Å². The number of fused-ring (bicyclic) bond motifs is 2. The van der Waals surface area contributed by atoms with Crippen LogP contribution in [0.5, 0.6) is 5.75 Å². The molecule has 0 spiro atoms. The van der Waals surface area contributed by atoms with E-state index in [1.165, 1.54) is 11.6 Å². The van der Waals surface area contributed by atoms with Gasteiger partial charge in [-0.1, -0.05) is 41.9 Å². The molecule has 0 N–H and O–H groups in total. The van der Waals surface area contributed by atoms with Crippen LogP contribution in [0, 0.1) is 17.1 Å². The topological polar surface area (TPSA) is 76.2 Å². The molecular weight excluding hydrogens is 553 g/mol. The molecule has 4 aromatic rings. The smallest absolute Gasteiger partial charge is 0.153 e. The number of piperidine rings is 1. The van der Waals surface area contributed by atoms with Crippen molar-refractivity contribution in [2.45, 2.75) is 56.9 Å². The van der Waals surface area contributed by atoms with E-state index in [0.717, 1.165) is 80.2 Å². The molecule has 2 fully saturated rings. The summed E-state index contributed by atoms with van der Waals surface area (Å²) in [5.41, 5.74) is 3.83. The van der Waals surface area contributed by atoms with Gasteiger partial charge in [0.2, 0.25) is 0 Å². The molecular formula is C33H31ClFN5O2. The van der Waals surface area contributed by atoms with E-state index in [0.29, 0.717) is 22.2 Å². The van der Waals surface area contributed by atoms with E-state index in [1.54, 1.807) is 24.4 Å². The summed E-state index contributed by atoms with van der Waals surface area (Å²) in [6, 6.07) is 14.9. The summed E-state index contributed by atoms with van der Waals surface area (Å²) >= 11 is 6.02. The molecule has 0 aliphatic carbocycles. The molecule has 0 bridgehead atoms. The van der Waals surface area contributed by atoms with Crippen molar-refractivity contribution in [3.05, 3.63) is 93.8 Å². The van der Waals surface area contributed by atoms with Gasteiger partial charge in [-0.15, -0.1) is 0 Å². The first kappa shape index (κ1) is 27.1. The van der Waals surface area contributed by atoms with E-state index in [-0.39, 0.29) is 11.9 Å². The number of benzene rings is 2. The Bertz CT molecular complexity index is 1730. The van der Waals surface area contributed by atoms with Crippen LogP contribution >= 0.6 is 11.6 Å². The zero-order valence-corrected chi connectivity index (χ0v) is 24.1. The minimum atomic E-state index is -0.929. The Morgan fingerprint density at radius 3 is 2.74 bits per heavy atom. The number of nitriles is 1. The fourth-order valence-corrected chi connectivity index (χ4v) is 6.53. The van der Waals surface area contributed by atoms with E-state index in [4.69, 9.17) is 26.1 Å². The van der Waals surface area contributed by atoms with Gasteiger partial charge in [0, 0.05) is 28.8 Å². The average Bonchev–Trinajstić information content (AvgIpc) is 3.30. The molecule has 2 aromatic carbocycles. The maximum atomic E-state index is 14.9. The van der Waals surface area contributed by atoms with Gasteiger partial charge in [-0.2, -0.15) is 5.26 Å². The van der Waals surface area contributed by atoms with Crippen LogP contribution in [0.1, 0.15) is 60.3 Å². The molecule has 2 aromatic heterocycles. The maximum absolute atomic E-state index is 14.9. The summed E-state index contributed by atoms with van der Waals surface area (Å²) in [5.74, 6) is 1.76. The molecule has 9 heteroatoms. The maximum Gasteiger partial charge on any atom is 0.153 e. The number of hydrogen-bond acceptors (Lipinski definition) is 6. The van der Waals surface area contributed by atoms with Crippen LogP contribution in [0.2, 0.25) is 5.02 Å². The summed E-state index contributed by atoms with van der Waals surface area (Å²) in [5, 5.41) is 9.68. The number of likely N-dealkylation sites (tertiary alicyclic amines) is 1. The van der Waals surface area contributed by atoms with Crippen molar-refractivity contribution in [3.63, 3.8) is 0 Å². The molecule has 3 aliphatic rings. The number of pyridine rings is 1. The number of imidazole rings is 1. The van der Waals surface area contributed by atoms with Crippen LogP contribution < -0.4 is 4.74 Å². The van der Waals surface area contributed by atoms with Gasteiger partial charge in [-0.3, -0.25) is 4.90 Å². The Morgan fingerprint density at radius 2 is 2.00 bits per heavy atom. The quantitative estimate of drug-likeness (QED) is 0.255. The molecule has 3 aliphatic heterocycles. The lowest BCUT2D eigenvalue weighted by Gasteiger charge is -2.37. The molecule has 7 nitrogen and oxygen atoms in total. The Labute approximate surface area is 249 Å². The molecule has 7 rings (SSSR count). The number of ether oxygens (including phenoxy) is 2. The summed E-state index contributed by atoms with van der Waals surface area (Å²) in [6.45, 7) is 5.98. The highest BCUT2D eigenvalue weighted by Gasteiger charge is 2.35. The van der Waals surface area contributed by atoms with Gasteiger partial charge in [0.15, 0.2) is 5.60 Å². The van der Waals surface area contributed by atoms with E-state index in [2.05, 4.69) is 32.7 Å². The predicted molar refractivity (Wildman–Crippen MR) is 159 cm³/mol. The first-order valence-electron chi connectivity index (χ1n) is 14.5. The molecule has 2 atom stereocenters. The molecule has 0 unspecified atom stereocenters. The monoisotopic (exact) mass is 583 g/mol. The largest absolute Gasteiger partial charge is 0.478 e. The van der Waals surface area contributed by atoms with Gasteiger partial charge in [-0.05, 0) is 69.0 Å². The highest BCUT2D eigenvalue weighted by molar-refractivity contribution is 6.30. The number of aromatic nitrogens is 3. The molecule has 0 radical (unpaired) electrons. The second-order valence-corrected chi connectivity index (χ2v) is 12.0. The fraction of sp³-hybridized carbons (Fsp3) is 0.364. The molecule has 42 heavy (non-hydrogen) atoms. The van der Waals surface area contributed by atoms with Crippen LogP contribution in [0.25, 0.3) is 17.1 Å². The third-order valence-electron chi connectivity index (χ3n) is 8.84. The standard InChI is InChI=1S/C33H31ClFN5O2/c1-33(27-6-5-23(34)15-28(27)35)11-7-22-3-2-4-26(32(22)42-33)21-8-12-39(13-9-21)20-31-38-29-16-24(17-36)37-18-30(29)40(31)19-25-10-14-41-25/h2-7,11,15-16,18,21,25H,8-10,12-14,19-20H2,1H3/t25-,33+/m0/s1. The zero-order valence-electron chi connectivity index (χ0n) is 23.4. The lowest BCUT2D eigenvalue weighted by molar-refractivity contribution is -0.0592. The second kappa shape index (κ2) is 10.8. The highest BCUT2D eigenvalue weighted by atomic mass is 35.5. The van der Waals surface area contributed by atoms with Crippen molar-refractivity contribution in [3.8, 4) is 11.8 Å². The second-order valence-electron chi connectivity index (χ2n) is 11.6. The van der Waals surface area contributed by atoms with Gasteiger partial charge in [-0.25, -0.2) is 14.4 Å². The van der Waals surface area contributed by atoms with Crippen LogP contribution in [-0.4, -0.2) is 45.2 Å². The van der Waals surface area contributed by atoms with E-state index in [9.17, 15) is 9.65 Å². The summed E-state index contributed by atoms with van der Waals surface area (Å²) in [6.07, 6.45) is 8.89. The van der Waals surface area contributed by atoms with Crippen molar-refractivity contribution < 1.29 is 13.9 Å². The minimum Gasteiger partial charge on any atom is -0.478 e. The first-order valence-corrected chi connectivity index (χ1v) is 14.8. The lowest BCUT2D eigenvalue weighted by Crippen LogP contribution is -2.36. The SMILES string of the molecule is C[C@]1(c2ccc(Cl)cc2F)C=Cc2cccc(C3CCN(Cc4nc5cc(C#N)ncc5n4C[C@@H]4CCO4)CC3)c2O1. The van der Waals surface area contributed by atoms with Gasteiger partial charge in [0.05, 0.1) is 36.4 Å². The third-order valence-corrected chi connectivity index (χ3v) is 9.07. The fourth-order valence-electron chi connectivity index (χ4n) is 6.37. The van der Waals surface area contributed by atoms with Crippen LogP contribution in [-0.2, 0) is 23.4 Å². The number of hydrogen-bond donors (Lipinski definition) is 0.